The van der Waals surface area contributed by atoms with Crippen molar-refractivity contribution < 1.29 is 4.79 Å². The Kier molecular flexibility index (Phi) is 5.34. The van der Waals surface area contributed by atoms with Crippen LogP contribution >= 0.6 is 11.8 Å². The van der Waals surface area contributed by atoms with Gasteiger partial charge in [0.05, 0.1) is 16.7 Å². The van der Waals surface area contributed by atoms with Crippen LogP contribution in [0, 0.1) is 0 Å². The summed E-state index contributed by atoms with van der Waals surface area (Å²) < 4.78 is 1.52. The molecule has 4 rings (SSSR count). The lowest BCUT2D eigenvalue weighted by atomic mass is 10.2. The van der Waals surface area contributed by atoms with Gasteiger partial charge in [-0.1, -0.05) is 42.1 Å². The Morgan fingerprint density at radius 1 is 1.00 bits per heavy atom. The van der Waals surface area contributed by atoms with Gasteiger partial charge in [-0.15, -0.1) is 0 Å². The zero-order chi connectivity index (χ0) is 19.5. The van der Waals surface area contributed by atoms with E-state index in [1.807, 2.05) is 41.3 Å². The molecular weight excluding hydrogens is 372 g/mol. The molecule has 28 heavy (non-hydrogen) atoms. The number of piperazine rings is 1. The molecule has 6 nitrogen and oxygen atoms in total. The Balaban J connectivity index is 1.38. The summed E-state index contributed by atoms with van der Waals surface area (Å²) in [5, 5.41) is 1.16. The van der Waals surface area contributed by atoms with Gasteiger partial charge in [0.25, 0.3) is 5.56 Å². The molecule has 1 aromatic heterocycles. The minimum absolute atomic E-state index is 0.0834. The highest BCUT2D eigenvalue weighted by molar-refractivity contribution is 7.99. The number of hydrogen-bond donors (Lipinski definition) is 0. The van der Waals surface area contributed by atoms with E-state index in [0.717, 1.165) is 13.1 Å². The van der Waals surface area contributed by atoms with Gasteiger partial charge >= 0.3 is 0 Å². The number of carbonyl (C=O) groups excluding carboxylic acids is 1. The van der Waals surface area contributed by atoms with Gasteiger partial charge in [-0.2, -0.15) is 0 Å². The van der Waals surface area contributed by atoms with Crippen LogP contribution in [0.4, 0.5) is 5.69 Å². The second-order valence-electron chi connectivity index (χ2n) is 6.77. The van der Waals surface area contributed by atoms with Crippen molar-refractivity contribution in [2.24, 2.45) is 7.05 Å². The van der Waals surface area contributed by atoms with E-state index in [0.29, 0.717) is 29.1 Å². The number of benzene rings is 2. The summed E-state index contributed by atoms with van der Waals surface area (Å²) in [6.07, 6.45) is 0. The van der Waals surface area contributed by atoms with Crippen molar-refractivity contribution in [3.05, 3.63) is 65.0 Å². The second-order valence-corrected chi connectivity index (χ2v) is 7.71. The number of nitrogens with zero attached hydrogens (tertiary/aromatic N) is 4. The summed E-state index contributed by atoms with van der Waals surface area (Å²) in [6.45, 7) is 3.07. The number of fused-ring (bicyclic) bond motifs is 1. The van der Waals surface area contributed by atoms with E-state index in [1.54, 1.807) is 13.1 Å². The number of hydrogen-bond acceptors (Lipinski definition) is 5. The number of rotatable bonds is 4. The molecule has 0 aliphatic carbocycles. The molecule has 1 amide bonds. The van der Waals surface area contributed by atoms with Gasteiger partial charge in [0.2, 0.25) is 5.91 Å². The van der Waals surface area contributed by atoms with E-state index in [-0.39, 0.29) is 17.2 Å². The van der Waals surface area contributed by atoms with Crippen molar-refractivity contribution in [3.63, 3.8) is 0 Å². The predicted molar refractivity (Wildman–Crippen MR) is 113 cm³/mol. The minimum Gasteiger partial charge on any atom is -0.368 e. The average molecular weight is 395 g/mol. The fourth-order valence-electron chi connectivity index (χ4n) is 3.40. The van der Waals surface area contributed by atoms with Crippen molar-refractivity contribution in [1.82, 2.24) is 14.5 Å². The first kappa shape index (κ1) is 18.6. The quantitative estimate of drug-likeness (QED) is 0.502. The lowest BCUT2D eigenvalue weighted by Gasteiger charge is -2.36. The molecule has 1 aliphatic heterocycles. The largest absolute Gasteiger partial charge is 0.368 e. The Bertz CT molecular complexity index is 1040. The number of amides is 1. The molecule has 3 aromatic rings. The van der Waals surface area contributed by atoms with Gasteiger partial charge in [-0.05, 0) is 24.3 Å². The van der Waals surface area contributed by atoms with Gasteiger partial charge in [-0.25, -0.2) is 4.98 Å². The highest BCUT2D eigenvalue weighted by Gasteiger charge is 2.22. The molecule has 0 radical (unpaired) electrons. The number of aromatic nitrogens is 2. The third-order valence-corrected chi connectivity index (χ3v) is 6.04. The molecule has 7 heteroatoms. The van der Waals surface area contributed by atoms with Crippen molar-refractivity contribution >= 4 is 34.3 Å². The molecule has 0 N–H and O–H groups in total. The summed E-state index contributed by atoms with van der Waals surface area (Å²) >= 11 is 1.32. The van der Waals surface area contributed by atoms with Crippen LogP contribution in [0.15, 0.2) is 64.5 Å². The standard InChI is InChI=1S/C21H22N4O2S/c1-23-20(27)17-9-5-6-10-18(17)22-21(23)28-15-19(26)25-13-11-24(12-14-25)16-7-3-2-4-8-16/h2-10H,11-15H2,1H3. The molecule has 144 valence electrons. The first-order chi connectivity index (χ1) is 13.6. The summed E-state index contributed by atoms with van der Waals surface area (Å²) in [7, 11) is 1.70. The molecule has 0 spiro atoms. The number of para-hydroxylation sites is 2. The van der Waals surface area contributed by atoms with Crippen molar-refractivity contribution in [2.45, 2.75) is 5.16 Å². The van der Waals surface area contributed by atoms with Crippen LogP contribution in [0.5, 0.6) is 0 Å². The Hall–Kier alpha value is -2.80. The second kappa shape index (κ2) is 8.06. The Labute approximate surface area is 167 Å². The topological polar surface area (TPSA) is 58.4 Å². The van der Waals surface area contributed by atoms with E-state index >= 15 is 0 Å². The third kappa shape index (κ3) is 3.75. The summed E-state index contributed by atoms with van der Waals surface area (Å²) in [4.78, 5) is 33.9. The van der Waals surface area contributed by atoms with Crippen LogP contribution < -0.4 is 10.5 Å². The fraction of sp³-hybridized carbons (Fsp3) is 0.286. The van der Waals surface area contributed by atoms with Gasteiger partial charge in [0.15, 0.2) is 5.16 Å². The van der Waals surface area contributed by atoms with E-state index in [4.69, 9.17) is 0 Å². The van der Waals surface area contributed by atoms with E-state index < -0.39 is 0 Å². The van der Waals surface area contributed by atoms with Crippen LogP contribution in [0.1, 0.15) is 0 Å². The Morgan fingerprint density at radius 2 is 1.68 bits per heavy atom. The molecule has 0 unspecified atom stereocenters. The highest BCUT2D eigenvalue weighted by atomic mass is 32.2. The molecule has 0 saturated carbocycles. The molecule has 2 heterocycles. The molecule has 0 atom stereocenters. The molecular formula is C21H22N4O2S. The maximum atomic E-state index is 12.6. The van der Waals surface area contributed by atoms with Crippen LogP contribution in [-0.2, 0) is 11.8 Å². The molecule has 1 saturated heterocycles. The van der Waals surface area contributed by atoms with E-state index in [2.05, 4.69) is 22.0 Å². The van der Waals surface area contributed by atoms with Gasteiger partial charge in [0.1, 0.15) is 0 Å². The predicted octanol–water partition coefficient (Wildman–Crippen LogP) is 2.37. The molecule has 2 aromatic carbocycles. The molecule has 0 bridgehead atoms. The van der Waals surface area contributed by atoms with Gasteiger partial charge in [0, 0.05) is 38.9 Å². The van der Waals surface area contributed by atoms with Crippen LogP contribution in [-0.4, -0.2) is 52.3 Å². The minimum atomic E-state index is -0.0861. The van der Waals surface area contributed by atoms with E-state index in [1.165, 1.54) is 22.0 Å². The smallest absolute Gasteiger partial charge is 0.261 e. The number of thioether (sulfide) groups is 1. The van der Waals surface area contributed by atoms with Crippen molar-refractivity contribution in [1.29, 1.82) is 0 Å². The SMILES string of the molecule is Cn1c(SCC(=O)N2CCN(c3ccccc3)CC2)nc2ccccc2c1=O. The summed E-state index contributed by atoms with van der Waals surface area (Å²) in [6, 6.07) is 17.6. The monoisotopic (exact) mass is 394 g/mol. The highest BCUT2D eigenvalue weighted by Crippen LogP contribution is 2.19. The van der Waals surface area contributed by atoms with Crippen molar-refractivity contribution in [3.8, 4) is 0 Å². The third-order valence-electron chi connectivity index (χ3n) is 5.02. The number of carbonyl (C=O) groups is 1. The van der Waals surface area contributed by atoms with Crippen LogP contribution in [0.2, 0.25) is 0 Å². The average Bonchev–Trinajstić information content (AvgIpc) is 2.76. The Morgan fingerprint density at radius 3 is 2.43 bits per heavy atom. The maximum Gasteiger partial charge on any atom is 0.261 e. The fourth-order valence-corrected chi connectivity index (χ4v) is 4.27. The maximum absolute atomic E-state index is 12.6. The first-order valence-corrected chi connectivity index (χ1v) is 10.3. The normalized spacial score (nSPS) is 14.5. The summed E-state index contributed by atoms with van der Waals surface area (Å²) in [5.41, 5.74) is 1.77. The zero-order valence-corrected chi connectivity index (χ0v) is 16.6. The number of anilines is 1. The van der Waals surface area contributed by atoms with E-state index in [9.17, 15) is 9.59 Å². The van der Waals surface area contributed by atoms with Crippen LogP contribution in [0.25, 0.3) is 10.9 Å². The van der Waals surface area contributed by atoms with Crippen molar-refractivity contribution in [2.75, 3.05) is 36.8 Å². The summed E-state index contributed by atoms with van der Waals surface area (Å²) in [5.74, 6) is 0.365. The van der Waals surface area contributed by atoms with Gasteiger partial charge < -0.3 is 9.80 Å². The van der Waals surface area contributed by atoms with Gasteiger partial charge in [-0.3, -0.25) is 14.2 Å². The lowest BCUT2D eigenvalue weighted by Crippen LogP contribution is -2.49. The molecule has 1 fully saturated rings. The lowest BCUT2D eigenvalue weighted by molar-refractivity contribution is -0.128. The zero-order valence-electron chi connectivity index (χ0n) is 15.7. The molecule has 1 aliphatic rings. The van der Waals surface area contributed by atoms with Crippen LogP contribution in [0.3, 0.4) is 0 Å². The first-order valence-electron chi connectivity index (χ1n) is 9.30.